The molecule has 172 valence electrons. The molecule has 2 atom stereocenters. The average Bonchev–Trinajstić information content (AvgIpc) is 3.25. The molecule has 0 amide bonds. The van der Waals surface area contributed by atoms with Gasteiger partial charge in [-0.05, 0) is 25.8 Å². The molecule has 3 rings (SSSR count). The first kappa shape index (κ1) is 23.9. The van der Waals surface area contributed by atoms with Crippen molar-refractivity contribution in [2.45, 2.75) is 45.8 Å². The average molecular weight is 456 g/mol. The van der Waals surface area contributed by atoms with Crippen LogP contribution in [0.15, 0.2) is 42.9 Å². The molecule has 10 heteroatoms. The predicted octanol–water partition coefficient (Wildman–Crippen LogP) is 5.64. The molecule has 0 aliphatic heterocycles. The second-order valence-electron chi connectivity index (χ2n) is 7.72. The molecule has 7 nitrogen and oxygen atoms in total. The van der Waals surface area contributed by atoms with Crippen LogP contribution < -0.4 is 5.32 Å². The van der Waals surface area contributed by atoms with Crippen LogP contribution in [0.3, 0.4) is 0 Å². The van der Waals surface area contributed by atoms with E-state index in [1.165, 1.54) is 12.4 Å². The van der Waals surface area contributed by atoms with Crippen molar-refractivity contribution in [3.8, 4) is 17.3 Å². The van der Waals surface area contributed by atoms with Crippen molar-refractivity contribution in [2.24, 2.45) is 5.92 Å². The summed E-state index contributed by atoms with van der Waals surface area (Å²) in [6.45, 7) is 4.73. The Labute approximate surface area is 189 Å². The Morgan fingerprint density at radius 3 is 2.55 bits per heavy atom. The first-order valence-corrected chi connectivity index (χ1v) is 10.4. The number of rotatable bonds is 8. The van der Waals surface area contributed by atoms with E-state index < -0.39 is 12.2 Å². The van der Waals surface area contributed by atoms with Gasteiger partial charge < -0.3 is 5.32 Å². The highest BCUT2D eigenvalue weighted by atomic mass is 19.4. The molecule has 2 heterocycles. The lowest BCUT2D eigenvalue weighted by Crippen LogP contribution is -2.23. The van der Waals surface area contributed by atoms with E-state index in [1.54, 1.807) is 30.5 Å². The number of nitriles is 1. The van der Waals surface area contributed by atoms with Crippen LogP contribution in [-0.2, 0) is 0 Å². The lowest BCUT2D eigenvalue weighted by molar-refractivity contribution is -0.165. The molecule has 1 unspecified atom stereocenters. The number of carbonyl (C=O) groups is 1. The number of nitrogens with one attached hydrogen (secondary N) is 1. The van der Waals surface area contributed by atoms with E-state index in [0.717, 1.165) is 22.7 Å². The van der Waals surface area contributed by atoms with E-state index in [4.69, 9.17) is 5.26 Å². The van der Waals surface area contributed by atoms with Gasteiger partial charge >= 0.3 is 6.18 Å². The number of alkyl halides is 3. The quantitative estimate of drug-likeness (QED) is 0.441. The van der Waals surface area contributed by atoms with Crippen LogP contribution in [0.2, 0.25) is 0 Å². The molecule has 1 N–H and O–H groups in total. The smallest absolute Gasteiger partial charge is 0.321 e. The molecular weight excluding hydrogens is 433 g/mol. The van der Waals surface area contributed by atoms with E-state index in [2.05, 4.69) is 26.5 Å². The maximum atomic E-state index is 12.9. The largest absolute Gasteiger partial charge is 0.410 e. The van der Waals surface area contributed by atoms with Gasteiger partial charge in [-0.1, -0.05) is 31.2 Å². The molecule has 0 aliphatic rings. The number of Topliss-reactive ketones (excluding diaryl/α,β-unsaturated/α-hetero) is 1. The molecule has 0 aliphatic carbocycles. The number of halogens is 3. The van der Waals surface area contributed by atoms with Crippen molar-refractivity contribution in [3.05, 3.63) is 54.0 Å². The lowest BCUT2D eigenvalue weighted by atomic mass is 9.96. The lowest BCUT2D eigenvalue weighted by Gasteiger charge is -2.15. The molecule has 1 aromatic carbocycles. The van der Waals surface area contributed by atoms with Gasteiger partial charge in [-0.2, -0.15) is 23.5 Å². The van der Waals surface area contributed by atoms with Crippen LogP contribution in [0.4, 0.5) is 24.8 Å². The number of aryl methyl sites for hydroxylation is 1. The van der Waals surface area contributed by atoms with Crippen molar-refractivity contribution >= 4 is 17.4 Å². The minimum atomic E-state index is -4.41. The second kappa shape index (κ2) is 9.81. The van der Waals surface area contributed by atoms with Crippen molar-refractivity contribution in [1.29, 1.82) is 5.26 Å². The summed E-state index contributed by atoms with van der Waals surface area (Å²) in [6, 6.07) is 7.29. The highest BCUT2D eigenvalue weighted by Crippen LogP contribution is 2.30. The van der Waals surface area contributed by atoms with Gasteiger partial charge in [0.1, 0.15) is 6.04 Å². The Kier molecular flexibility index (Phi) is 7.11. The number of ketones is 1. The van der Waals surface area contributed by atoms with Gasteiger partial charge in [0.2, 0.25) is 5.95 Å². The van der Waals surface area contributed by atoms with Gasteiger partial charge in [-0.25, -0.2) is 9.97 Å². The summed E-state index contributed by atoms with van der Waals surface area (Å²) in [7, 11) is 0. The van der Waals surface area contributed by atoms with Gasteiger partial charge in [0.25, 0.3) is 0 Å². The normalized spacial score (nSPS) is 13.2. The molecule has 0 bridgehead atoms. The number of nitrogens with zero attached hydrogens (tertiary/aromatic N) is 5. The summed E-state index contributed by atoms with van der Waals surface area (Å²) in [5.41, 5.74) is 3.00. The minimum Gasteiger partial charge on any atom is -0.321 e. The zero-order valence-electron chi connectivity index (χ0n) is 18.4. The maximum Gasteiger partial charge on any atom is 0.410 e. The summed E-state index contributed by atoms with van der Waals surface area (Å²) in [5.74, 6) is -0.199. The van der Waals surface area contributed by atoms with E-state index in [-0.39, 0.29) is 24.1 Å². The molecular formula is C23H23F3N6O. The molecule has 33 heavy (non-hydrogen) atoms. The molecule has 0 saturated heterocycles. The summed E-state index contributed by atoms with van der Waals surface area (Å²) in [4.78, 5) is 21.1. The number of anilines is 2. The zero-order valence-corrected chi connectivity index (χ0v) is 18.4. The SMILES string of the molecule is CC[C@@H](C#N)CC(=O)c1ccc(-c2nc(Nc3cnn(C(C)C(F)(F)F)c3)ncc2C)cc1. The third kappa shape index (κ3) is 5.74. The standard InChI is InChI=1S/C23H23F3N6O/c1-4-16(10-27)9-20(33)17-5-7-18(8-6-17)21-14(2)11-28-22(31-21)30-19-12-29-32(13-19)15(3)23(24,25)26/h5-8,11-13,15-16H,4,9H2,1-3H3,(H,28,30,31)/t15?,16-/m1/s1. The fourth-order valence-electron chi connectivity index (χ4n) is 3.12. The van der Waals surface area contributed by atoms with Crippen molar-refractivity contribution in [1.82, 2.24) is 19.7 Å². The summed E-state index contributed by atoms with van der Waals surface area (Å²) < 4.78 is 39.5. The first-order valence-electron chi connectivity index (χ1n) is 10.4. The zero-order chi connectivity index (χ0) is 24.2. The molecule has 3 aromatic rings. The van der Waals surface area contributed by atoms with E-state index >= 15 is 0 Å². The Morgan fingerprint density at radius 2 is 1.94 bits per heavy atom. The Balaban J connectivity index is 1.78. The maximum absolute atomic E-state index is 12.9. The van der Waals surface area contributed by atoms with Gasteiger partial charge in [0.15, 0.2) is 5.78 Å². The van der Waals surface area contributed by atoms with Crippen LogP contribution in [0.25, 0.3) is 11.3 Å². The molecule has 2 aromatic heterocycles. The summed E-state index contributed by atoms with van der Waals surface area (Å²) >= 11 is 0. The number of hydrogen-bond donors (Lipinski definition) is 1. The predicted molar refractivity (Wildman–Crippen MR) is 117 cm³/mol. The van der Waals surface area contributed by atoms with Gasteiger partial charge in [-0.15, -0.1) is 0 Å². The Hall–Kier alpha value is -3.74. The minimum absolute atomic E-state index is 0.0955. The number of hydrogen-bond acceptors (Lipinski definition) is 6. The van der Waals surface area contributed by atoms with Crippen molar-refractivity contribution < 1.29 is 18.0 Å². The first-order chi connectivity index (χ1) is 15.6. The van der Waals surface area contributed by atoms with Crippen LogP contribution in [0.1, 0.15) is 48.7 Å². The third-order valence-electron chi connectivity index (χ3n) is 5.29. The fourth-order valence-corrected chi connectivity index (χ4v) is 3.12. The van der Waals surface area contributed by atoms with E-state index in [0.29, 0.717) is 23.4 Å². The number of aromatic nitrogens is 4. The monoisotopic (exact) mass is 456 g/mol. The van der Waals surface area contributed by atoms with Crippen LogP contribution >= 0.6 is 0 Å². The molecule has 0 saturated carbocycles. The Morgan fingerprint density at radius 1 is 1.24 bits per heavy atom. The van der Waals surface area contributed by atoms with Gasteiger partial charge in [0, 0.05) is 29.9 Å². The number of carbonyl (C=O) groups excluding carboxylic acids is 1. The topological polar surface area (TPSA) is 96.5 Å². The van der Waals surface area contributed by atoms with E-state index in [1.807, 2.05) is 13.8 Å². The Bertz CT molecular complexity index is 1160. The van der Waals surface area contributed by atoms with Gasteiger partial charge in [0.05, 0.1) is 29.6 Å². The third-order valence-corrected chi connectivity index (χ3v) is 5.29. The highest BCUT2D eigenvalue weighted by molar-refractivity contribution is 5.96. The fraction of sp³-hybridized carbons (Fsp3) is 0.348. The second-order valence-corrected chi connectivity index (χ2v) is 7.72. The molecule has 0 radical (unpaired) electrons. The molecule has 0 fully saturated rings. The summed E-state index contributed by atoms with van der Waals surface area (Å²) in [5, 5.41) is 15.7. The van der Waals surface area contributed by atoms with Crippen LogP contribution in [0.5, 0.6) is 0 Å². The van der Waals surface area contributed by atoms with Gasteiger partial charge in [-0.3, -0.25) is 9.48 Å². The summed E-state index contributed by atoms with van der Waals surface area (Å²) in [6.07, 6.45) is 0.502. The van der Waals surface area contributed by atoms with Crippen molar-refractivity contribution in [3.63, 3.8) is 0 Å². The van der Waals surface area contributed by atoms with E-state index in [9.17, 15) is 18.0 Å². The number of benzene rings is 1. The van der Waals surface area contributed by atoms with Crippen LogP contribution in [-0.4, -0.2) is 31.7 Å². The highest BCUT2D eigenvalue weighted by Gasteiger charge is 2.38. The molecule has 0 spiro atoms. The van der Waals surface area contributed by atoms with Crippen LogP contribution in [0, 0.1) is 24.2 Å². The van der Waals surface area contributed by atoms with Crippen molar-refractivity contribution in [2.75, 3.05) is 5.32 Å².